The van der Waals surface area contributed by atoms with E-state index in [1.54, 1.807) is 24.6 Å². The van der Waals surface area contributed by atoms with E-state index in [1.807, 2.05) is 41.3 Å². The van der Waals surface area contributed by atoms with Crippen molar-refractivity contribution in [2.45, 2.75) is 12.1 Å². The molecule has 0 spiro atoms. The number of furan rings is 1. The first-order chi connectivity index (χ1) is 14.4. The normalized spacial score (nSPS) is 18.9. The second kappa shape index (κ2) is 7.96. The Kier molecular flexibility index (Phi) is 5.35. The first-order valence-electron chi connectivity index (χ1n) is 9.07. The van der Waals surface area contributed by atoms with E-state index in [9.17, 15) is 8.42 Å². The van der Waals surface area contributed by atoms with Crippen molar-refractivity contribution < 1.29 is 17.6 Å². The summed E-state index contributed by atoms with van der Waals surface area (Å²) in [4.78, 5) is 6.36. The highest BCUT2D eigenvalue weighted by molar-refractivity contribution is 7.92. The Bertz CT molecular complexity index is 1150. The first-order valence-corrected chi connectivity index (χ1v) is 11.4. The zero-order valence-electron chi connectivity index (χ0n) is 16.3. The van der Waals surface area contributed by atoms with E-state index < -0.39 is 10.0 Å². The molecule has 0 radical (unpaired) electrons. The molecule has 0 amide bonds. The lowest BCUT2D eigenvalue weighted by Gasteiger charge is -2.26. The minimum Gasteiger partial charge on any atom is -0.495 e. The van der Waals surface area contributed by atoms with Gasteiger partial charge in [-0.2, -0.15) is 0 Å². The molecule has 156 valence electrons. The number of aromatic nitrogens is 1. The molecule has 4 rings (SSSR count). The van der Waals surface area contributed by atoms with Gasteiger partial charge in [0.2, 0.25) is 10.0 Å². The molecular weight excluding hydrogens is 424 g/mol. The van der Waals surface area contributed by atoms with Gasteiger partial charge in [0.15, 0.2) is 5.11 Å². The number of ether oxygens (including phenoxy) is 1. The average Bonchev–Trinajstić information content (AvgIpc) is 3.35. The molecule has 1 saturated heterocycles. The van der Waals surface area contributed by atoms with Crippen LogP contribution in [0.3, 0.4) is 0 Å². The molecule has 2 aromatic heterocycles. The number of thiocarbonyl (C=S) groups is 1. The quantitative estimate of drug-likeness (QED) is 0.560. The highest BCUT2D eigenvalue weighted by atomic mass is 32.2. The van der Waals surface area contributed by atoms with Crippen molar-refractivity contribution >= 4 is 38.7 Å². The number of rotatable bonds is 6. The number of nitrogens with one attached hydrogen (secondary N) is 2. The maximum atomic E-state index is 11.8. The van der Waals surface area contributed by atoms with E-state index in [1.165, 1.54) is 7.11 Å². The Balaban J connectivity index is 1.80. The predicted molar refractivity (Wildman–Crippen MR) is 118 cm³/mol. The Morgan fingerprint density at radius 1 is 1.23 bits per heavy atom. The van der Waals surface area contributed by atoms with Crippen molar-refractivity contribution in [1.29, 1.82) is 0 Å². The third-order valence-corrected chi connectivity index (χ3v) is 5.59. The highest BCUT2D eigenvalue weighted by Crippen LogP contribution is 2.43. The summed E-state index contributed by atoms with van der Waals surface area (Å²) in [5.41, 5.74) is 1.81. The number of methoxy groups -OCH3 is 1. The molecule has 0 bridgehead atoms. The monoisotopic (exact) mass is 444 g/mol. The zero-order valence-corrected chi connectivity index (χ0v) is 17.9. The second-order valence-corrected chi connectivity index (χ2v) is 8.91. The van der Waals surface area contributed by atoms with Crippen LogP contribution in [0.15, 0.2) is 65.4 Å². The molecule has 8 nitrogen and oxygen atoms in total. The summed E-state index contributed by atoms with van der Waals surface area (Å²) >= 11 is 5.64. The molecule has 3 heterocycles. The fraction of sp³-hybridized carbons (Fsp3) is 0.200. The summed E-state index contributed by atoms with van der Waals surface area (Å²) in [6.07, 6.45) is 4.42. The number of benzene rings is 1. The largest absolute Gasteiger partial charge is 0.495 e. The summed E-state index contributed by atoms with van der Waals surface area (Å²) in [5, 5.41) is 3.79. The third-order valence-electron chi connectivity index (χ3n) is 4.69. The van der Waals surface area contributed by atoms with E-state index in [0.29, 0.717) is 28.0 Å². The molecule has 0 aliphatic carbocycles. The lowest BCUT2D eigenvalue weighted by Crippen LogP contribution is -2.29. The Hall–Kier alpha value is -3.11. The number of nitrogens with zero attached hydrogens (tertiary/aromatic N) is 2. The van der Waals surface area contributed by atoms with Crippen LogP contribution in [0.4, 0.5) is 11.4 Å². The molecule has 10 heteroatoms. The standard InChI is InChI=1S/C20H20N4O4S2/c1-27-16-9-8-13(12-15(16)23-30(2,25)26)24-19(17-7-5-11-28-17)18(22-20(24)29)14-6-3-4-10-21-14/h3-12,18-19,23H,1-2H3,(H,22,29)/t18-,19-/m1/s1. The summed E-state index contributed by atoms with van der Waals surface area (Å²) in [5.74, 6) is 1.10. The Morgan fingerprint density at radius 3 is 2.70 bits per heavy atom. The van der Waals surface area contributed by atoms with Crippen molar-refractivity contribution in [2.24, 2.45) is 0 Å². The summed E-state index contributed by atoms with van der Waals surface area (Å²) < 4.78 is 37.1. The van der Waals surface area contributed by atoms with Crippen molar-refractivity contribution in [3.05, 3.63) is 72.4 Å². The van der Waals surface area contributed by atoms with Gasteiger partial charge in [-0.1, -0.05) is 6.07 Å². The van der Waals surface area contributed by atoms with E-state index in [2.05, 4.69) is 15.0 Å². The Labute approximate surface area is 179 Å². The fourth-order valence-electron chi connectivity index (χ4n) is 3.51. The average molecular weight is 445 g/mol. The summed E-state index contributed by atoms with van der Waals surface area (Å²) in [6, 6.07) is 14.0. The molecule has 1 aliphatic heterocycles. The number of pyridine rings is 1. The molecule has 30 heavy (non-hydrogen) atoms. The minimum absolute atomic E-state index is 0.252. The van der Waals surface area contributed by atoms with Gasteiger partial charge in [-0.15, -0.1) is 0 Å². The van der Waals surface area contributed by atoms with Gasteiger partial charge >= 0.3 is 0 Å². The second-order valence-electron chi connectivity index (χ2n) is 6.77. The van der Waals surface area contributed by atoms with Crippen LogP contribution < -0.4 is 19.7 Å². The molecular formula is C20H20N4O4S2. The number of hydrogen-bond donors (Lipinski definition) is 2. The number of hydrogen-bond acceptors (Lipinski definition) is 6. The third kappa shape index (κ3) is 3.96. The molecule has 3 aromatic rings. The van der Waals surface area contributed by atoms with Gasteiger partial charge in [0.05, 0.1) is 37.1 Å². The smallest absolute Gasteiger partial charge is 0.229 e. The number of sulfonamides is 1. The van der Waals surface area contributed by atoms with Crippen molar-refractivity contribution in [3.8, 4) is 5.75 Å². The Morgan fingerprint density at radius 2 is 2.07 bits per heavy atom. The van der Waals surface area contributed by atoms with Crippen molar-refractivity contribution in [1.82, 2.24) is 10.3 Å². The van der Waals surface area contributed by atoms with Crippen LogP contribution in [-0.2, 0) is 10.0 Å². The van der Waals surface area contributed by atoms with Crippen LogP contribution in [0.25, 0.3) is 0 Å². The van der Waals surface area contributed by atoms with Crippen LogP contribution >= 0.6 is 12.2 Å². The summed E-state index contributed by atoms with van der Waals surface area (Å²) in [6.45, 7) is 0. The van der Waals surface area contributed by atoms with Gasteiger partial charge < -0.3 is 19.4 Å². The van der Waals surface area contributed by atoms with Gasteiger partial charge in [-0.25, -0.2) is 8.42 Å². The maximum Gasteiger partial charge on any atom is 0.229 e. The molecule has 1 aromatic carbocycles. The zero-order chi connectivity index (χ0) is 21.3. The minimum atomic E-state index is -3.50. The van der Waals surface area contributed by atoms with E-state index in [-0.39, 0.29) is 12.1 Å². The van der Waals surface area contributed by atoms with Gasteiger partial charge in [0.25, 0.3) is 0 Å². The first kappa shape index (κ1) is 20.2. The van der Waals surface area contributed by atoms with Crippen LogP contribution in [-0.4, -0.2) is 31.9 Å². The van der Waals surface area contributed by atoms with E-state index in [4.69, 9.17) is 21.4 Å². The number of anilines is 2. The molecule has 2 N–H and O–H groups in total. The lowest BCUT2D eigenvalue weighted by molar-refractivity contribution is 0.416. The van der Waals surface area contributed by atoms with Crippen LogP contribution in [0, 0.1) is 0 Å². The molecule has 0 unspecified atom stereocenters. The van der Waals surface area contributed by atoms with Crippen LogP contribution in [0.2, 0.25) is 0 Å². The van der Waals surface area contributed by atoms with Gasteiger partial charge in [-0.05, 0) is 54.7 Å². The fourth-order valence-corrected chi connectivity index (χ4v) is 4.41. The van der Waals surface area contributed by atoms with Crippen molar-refractivity contribution in [2.75, 3.05) is 23.0 Å². The lowest BCUT2D eigenvalue weighted by atomic mass is 10.0. The SMILES string of the molecule is COc1ccc(N2C(=S)N[C@H](c3ccccn3)[C@H]2c2ccco2)cc1NS(C)(=O)=O. The molecule has 2 atom stereocenters. The van der Waals surface area contributed by atoms with Gasteiger partial charge in [-0.3, -0.25) is 9.71 Å². The topological polar surface area (TPSA) is 96.7 Å². The molecule has 1 fully saturated rings. The van der Waals surface area contributed by atoms with Crippen LogP contribution in [0.1, 0.15) is 23.5 Å². The van der Waals surface area contributed by atoms with E-state index in [0.717, 1.165) is 11.9 Å². The summed E-state index contributed by atoms with van der Waals surface area (Å²) in [7, 11) is -2.02. The van der Waals surface area contributed by atoms with Crippen molar-refractivity contribution in [3.63, 3.8) is 0 Å². The highest BCUT2D eigenvalue weighted by Gasteiger charge is 2.42. The van der Waals surface area contributed by atoms with Crippen LogP contribution in [0.5, 0.6) is 5.75 Å². The van der Waals surface area contributed by atoms with Gasteiger partial charge in [0.1, 0.15) is 17.6 Å². The van der Waals surface area contributed by atoms with E-state index >= 15 is 0 Å². The molecule has 0 saturated carbocycles. The maximum absolute atomic E-state index is 11.8. The predicted octanol–water partition coefficient (Wildman–Crippen LogP) is 3.23. The molecule has 1 aliphatic rings. The van der Waals surface area contributed by atoms with Gasteiger partial charge in [0, 0.05) is 11.9 Å².